The summed E-state index contributed by atoms with van der Waals surface area (Å²) >= 11 is 0. The minimum atomic E-state index is -1.78. The van der Waals surface area contributed by atoms with E-state index in [1.54, 1.807) is 0 Å². The van der Waals surface area contributed by atoms with Crippen molar-refractivity contribution in [3.63, 3.8) is 0 Å². The molecule has 0 bridgehead atoms. The first-order valence-electron chi connectivity index (χ1n) is 8.61. The molecule has 0 aromatic heterocycles. The van der Waals surface area contributed by atoms with E-state index in [2.05, 4.69) is 65.8 Å². The van der Waals surface area contributed by atoms with Crippen molar-refractivity contribution in [3.05, 3.63) is 10.0 Å². The topological polar surface area (TPSA) is 35.5 Å². The molecule has 0 radical (unpaired) electrons. The summed E-state index contributed by atoms with van der Waals surface area (Å²) in [6.07, 6.45) is 0.869. The Balaban J connectivity index is 6.13. The molecule has 0 heterocycles. The van der Waals surface area contributed by atoms with Crippen LogP contribution in [-0.2, 0) is 13.6 Å². The lowest BCUT2D eigenvalue weighted by Crippen LogP contribution is -2.47. The van der Waals surface area contributed by atoms with Gasteiger partial charge >= 0.3 is 5.97 Å². The number of carbonyl (C=O) groups excluding carboxylic acids is 1. The lowest BCUT2D eigenvalue weighted by atomic mass is 10.5. The lowest BCUT2D eigenvalue weighted by molar-refractivity contribution is -0.140. The highest BCUT2D eigenvalue weighted by Gasteiger charge is 2.41. The largest absolute Gasteiger partial charge is 0.465 e. The maximum atomic E-state index is 13.1. The molecule has 0 aliphatic heterocycles. The molecule has 0 saturated carbocycles. The average molecular weight is 407 g/mol. The first kappa shape index (κ1) is 23.3. The SMILES string of the molecule is CCC(OC(=O)C(=C([Si](C)(C)C)[Si](C)(C)C)[Si](C)(C)C)[SiH2]O[SiH3]. The van der Waals surface area contributed by atoms with Gasteiger partial charge in [0.25, 0.3) is 0 Å². The molecule has 0 spiro atoms. The highest BCUT2D eigenvalue weighted by Crippen LogP contribution is 2.33. The first-order valence-corrected chi connectivity index (χ1v) is 21.3. The zero-order valence-electron chi connectivity index (χ0n) is 17.2. The van der Waals surface area contributed by atoms with Crippen LogP contribution < -0.4 is 0 Å². The van der Waals surface area contributed by atoms with Crippen LogP contribution in [0, 0.1) is 0 Å². The lowest BCUT2D eigenvalue weighted by Gasteiger charge is -2.37. The third kappa shape index (κ3) is 7.35. The monoisotopic (exact) mass is 406 g/mol. The first-order chi connectivity index (χ1) is 10.2. The van der Waals surface area contributed by atoms with Crippen molar-refractivity contribution < 1.29 is 13.6 Å². The van der Waals surface area contributed by atoms with Crippen molar-refractivity contribution in [1.82, 2.24) is 0 Å². The van der Waals surface area contributed by atoms with Gasteiger partial charge in [0.05, 0.1) is 24.2 Å². The summed E-state index contributed by atoms with van der Waals surface area (Å²) in [4.78, 5) is 14.7. The van der Waals surface area contributed by atoms with E-state index in [9.17, 15) is 4.79 Å². The third-order valence-electron chi connectivity index (χ3n) is 3.79. The highest BCUT2D eigenvalue weighted by atomic mass is 28.4. The predicted octanol–water partition coefficient (Wildman–Crippen LogP) is 2.58. The number of esters is 1. The quantitative estimate of drug-likeness (QED) is 0.353. The second-order valence-corrected chi connectivity index (χ2v) is 28.4. The molecule has 8 heteroatoms. The molecule has 0 aromatic rings. The molecule has 0 aromatic carbocycles. The van der Waals surface area contributed by atoms with Gasteiger partial charge in [-0.1, -0.05) is 70.7 Å². The van der Waals surface area contributed by atoms with Gasteiger partial charge in [0.15, 0.2) is 9.76 Å². The summed E-state index contributed by atoms with van der Waals surface area (Å²) in [5, 5.41) is 1.09. The van der Waals surface area contributed by atoms with Crippen molar-refractivity contribution >= 4 is 50.4 Å². The van der Waals surface area contributed by atoms with E-state index in [-0.39, 0.29) is 11.7 Å². The summed E-state index contributed by atoms with van der Waals surface area (Å²) in [6, 6.07) is 0. The van der Waals surface area contributed by atoms with Gasteiger partial charge in [-0.15, -0.1) is 0 Å². The Morgan fingerprint density at radius 2 is 1.39 bits per heavy atom. The molecule has 136 valence electrons. The van der Waals surface area contributed by atoms with Crippen LogP contribution >= 0.6 is 0 Å². The molecule has 0 amide bonds. The van der Waals surface area contributed by atoms with Crippen LogP contribution in [0.15, 0.2) is 10.0 Å². The van der Waals surface area contributed by atoms with Gasteiger partial charge in [0, 0.05) is 5.20 Å². The number of ether oxygens (including phenoxy) is 1. The predicted molar refractivity (Wildman–Crippen MR) is 117 cm³/mol. The molecule has 0 N–H and O–H groups in total. The summed E-state index contributed by atoms with van der Waals surface area (Å²) in [5.41, 5.74) is 0.0240. The number of rotatable bonds is 8. The third-order valence-corrected chi connectivity index (χ3v) is 16.7. The van der Waals surface area contributed by atoms with Crippen LogP contribution in [0.3, 0.4) is 0 Å². The van der Waals surface area contributed by atoms with Crippen molar-refractivity contribution in [2.45, 2.75) is 78.0 Å². The normalized spacial score (nSPS) is 15.0. The Kier molecular flexibility index (Phi) is 8.66. The Bertz CT molecular complexity index is 425. The van der Waals surface area contributed by atoms with Crippen LogP contribution in [0.1, 0.15) is 13.3 Å². The maximum Gasteiger partial charge on any atom is 0.329 e. The van der Waals surface area contributed by atoms with Gasteiger partial charge in [-0.3, -0.25) is 0 Å². The smallest absolute Gasteiger partial charge is 0.329 e. The zero-order chi connectivity index (χ0) is 18.6. The molecule has 23 heavy (non-hydrogen) atoms. The summed E-state index contributed by atoms with van der Waals surface area (Å²) < 4.78 is 11.4. The van der Waals surface area contributed by atoms with E-state index >= 15 is 0 Å². The number of carbonyl (C=O) groups is 1. The minimum absolute atomic E-state index is 0.0240. The van der Waals surface area contributed by atoms with Gasteiger partial charge < -0.3 is 8.85 Å². The molecule has 0 aliphatic rings. The fourth-order valence-corrected chi connectivity index (χ4v) is 21.9. The van der Waals surface area contributed by atoms with E-state index in [0.717, 1.165) is 22.1 Å². The molecule has 0 saturated heterocycles. The van der Waals surface area contributed by atoms with E-state index in [1.807, 2.05) is 0 Å². The van der Waals surface area contributed by atoms with Crippen LogP contribution in [0.25, 0.3) is 0 Å². The molecule has 0 rings (SSSR count). The Morgan fingerprint density at radius 3 is 1.65 bits per heavy atom. The van der Waals surface area contributed by atoms with Crippen molar-refractivity contribution in [1.29, 1.82) is 0 Å². The van der Waals surface area contributed by atoms with Crippen LogP contribution in [0.2, 0.25) is 58.9 Å². The molecular formula is C15H38O3Si5. The highest BCUT2D eigenvalue weighted by molar-refractivity contribution is 7.07. The van der Waals surface area contributed by atoms with Crippen LogP contribution in [0.5, 0.6) is 0 Å². The Morgan fingerprint density at radius 1 is 0.957 bits per heavy atom. The van der Waals surface area contributed by atoms with E-state index in [1.165, 1.54) is 4.82 Å². The van der Waals surface area contributed by atoms with Crippen molar-refractivity contribution in [2.24, 2.45) is 0 Å². The Hall–Kier alpha value is 0.254. The molecule has 3 nitrogen and oxygen atoms in total. The number of hydrogen-bond donors (Lipinski definition) is 0. The summed E-state index contributed by atoms with van der Waals surface area (Å²) in [5.74, 6) is -0.0258. The molecule has 1 unspecified atom stereocenters. The van der Waals surface area contributed by atoms with Gasteiger partial charge in [0.1, 0.15) is 16.2 Å². The van der Waals surface area contributed by atoms with Gasteiger partial charge in [-0.2, -0.15) is 0 Å². The van der Waals surface area contributed by atoms with Gasteiger partial charge in [-0.25, -0.2) is 4.79 Å². The average Bonchev–Trinajstić information content (AvgIpc) is 2.30. The van der Waals surface area contributed by atoms with Crippen LogP contribution in [-0.4, -0.2) is 56.2 Å². The fourth-order valence-electron chi connectivity index (χ4n) is 3.29. The zero-order valence-corrected chi connectivity index (χ0v) is 23.6. The van der Waals surface area contributed by atoms with Crippen LogP contribution in [0.4, 0.5) is 0 Å². The second-order valence-electron chi connectivity index (χ2n) is 9.39. The maximum absolute atomic E-state index is 13.1. The second kappa shape index (κ2) is 8.57. The standard InChI is InChI=1S/C15H38O3Si5/c1-11-12(20-18-19)17-14(16)13(21(2,3)4)15(22(5,6)7)23(8,9)10/h12H,11,20H2,1-10,19H3. The molecule has 0 aliphatic carbocycles. The molecule has 0 fully saturated rings. The summed E-state index contributed by atoms with van der Waals surface area (Å²) in [7, 11) is -4.93. The molecule has 1 atom stereocenters. The molecular weight excluding hydrogens is 369 g/mol. The summed E-state index contributed by atoms with van der Waals surface area (Å²) in [6.45, 7) is 23.2. The van der Waals surface area contributed by atoms with Crippen molar-refractivity contribution in [2.75, 3.05) is 0 Å². The van der Waals surface area contributed by atoms with E-state index < -0.39 is 34.0 Å². The fraction of sp³-hybridized carbons (Fsp3) is 0.800. The number of hydrogen-bond acceptors (Lipinski definition) is 3. The van der Waals surface area contributed by atoms with E-state index in [4.69, 9.17) is 8.85 Å². The van der Waals surface area contributed by atoms with E-state index in [0.29, 0.717) is 0 Å². The Labute approximate surface area is 152 Å². The van der Waals surface area contributed by atoms with Gasteiger partial charge in [0.2, 0.25) is 0 Å². The van der Waals surface area contributed by atoms with Gasteiger partial charge in [-0.05, 0) is 6.42 Å². The minimum Gasteiger partial charge on any atom is -0.465 e. The van der Waals surface area contributed by atoms with Crippen molar-refractivity contribution in [3.8, 4) is 0 Å².